The zero-order valence-corrected chi connectivity index (χ0v) is 9.76. The molecule has 0 radical (unpaired) electrons. The molecule has 1 heterocycles. The van der Waals surface area contributed by atoms with Gasteiger partial charge < -0.3 is 4.74 Å². The molecule has 8 heteroatoms. The van der Waals surface area contributed by atoms with Crippen LogP contribution in [0.4, 0.5) is 14.5 Å². The maximum absolute atomic E-state index is 12.2. The van der Waals surface area contributed by atoms with Gasteiger partial charge in [0.2, 0.25) is 0 Å². The average molecular weight is 250 g/mol. The molecular weight excluding hydrogens is 236 g/mol. The third kappa shape index (κ3) is 3.65. The van der Waals surface area contributed by atoms with Gasteiger partial charge in [-0.1, -0.05) is 0 Å². The van der Waals surface area contributed by atoms with Crippen molar-refractivity contribution in [2.45, 2.75) is 32.9 Å². The van der Waals surface area contributed by atoms with Crippen LogP contribution in [0.5, 0.6) is 5.88 Å². The van der Waals surface area contributed by atoms with Crippen LogP contribution < -0.4 is 4.74 Å². The lowest BCUT2D eigenvalue weighted by molar-refractivity contribution is -0.737. The van der Waals surface area contributed by atoms with Crippen LogP contribution in [0, 0.1) is 4.91 Å². The van der Waals surface area contributed by atoms with Gasteiger partial charge >= 0.3 is 11.6 Å². The number of nitrogens with zero attached hydrogens (tertiary/aromatic N) is 3. The highest BCUT2D eigenvalue weighted by Crippen LogP contribution is 2.26. The third-order valence-electron chi connectivity index (χ3n) is 1.74. The number of alkyl halides is 2. The molecule has 1 aromatic rings. The summed E-state index contributed by atoms with van der Waals surface area (Å²) in [4.78, 5) is 15.9. The van der Waals surface area contributed by atoms with E-state index >= 15 is 0 Å². The summed E-state index contributed by atoms with van der Waals surface area (Å²) in [6.07, 6.45) is -1.63. The number of ether oxygens (including phenoxy) is 1. The van der Waals surface area contributed by atoms with E-state index in [1.165, 1.54) is 0 Å². The van der Waals surface area contributed by atoms with Gasteiger partial charge in [0.25, 0.3) is 11.3 Å². The van der Waals surface area contributed by atoms with Gasteiger partial charge in [-0.05, 0) is 13.8 Å². The first-order chi connectivity index (χ1) is 7.93. The van der Waals surface area contributed by atoms with Gasteiger partial charge in [-0.2, -0.15) is 0 Å². The lowest BCUT2D eigenvalue weighted by Gasteiger charge is -2.04. The van der Waals surface area contributed by atoms with E-state index < -0.39 is 13.0 Å². The molecule has 0 spiro atoms. The van der Waals surface area contributed by atoms with Crippen LogP contribution in [-0.4, -0.2) is 34.3 Å². The van der Waals surface area contributed by atoms with E-state index in [9.17, 15) is 13.7 Å². The van der Waals surface area contributed by atoms with Crippen molar-refractivity contribution < 1.29 is 23.3 Å². The second-order valence-corrected chi connectivity index (χ2v) is 3.54. The molecule has 0 aliphatic rings. The minimum absolute atomic E-state index is 0.0301. The van der Waals surface area contributed by atoms with E-state index in [4.69, 9.17) is 4.74 Å². The molecule has 0 saturated heterocycles. The smallest absolute Gasteiger partial charge is 0.397 e. The van der Waals surface area contributed by atoms with Crippen molar-refractivity contribution in [3.63, 3.8) is 0 Å². The van der Waals surface area contributed by atoms with Gasteiger partial charge in [-0.25, -0.2) is 13.6 Å². The van der Waals surface area contributed by atoms with Crippen molar-refractivity contribution >= 4 is 5.69 Å². The largest absolute Gasteiger partial charge is 0.469 e. The van der Waals surface area contributed by atoms with E-state index in [2.05, 4.69) is 9.94 Å². The minimum Gasteiger partial charge on any atom is -0.469 e. The molecule has 0 amide bonds. The summed E-state index contributed by atoms with van der Waals surface area (Å²) in [7, 11) is 1.16. The van der Waals surface area contributed by atoms with Crippen LogP contribution in [0.15, 0.2) is 6.20 Å². The summed E-state index contributed by atoms with van der Waals surface area (Å²) >= 11 is 0. The van der Waals surface area contributed by atoms with E-state index in [1.807, 2.05) is 0 Å². The Morgan fingerprint density at radius 3 is 2.65 bits per heavy atom. The first-order valence-electron chi connectivity index (χ1n) is 4.97. The Morgan fingerprint density at radius 1 is 1.53 bits per heavy atom. The van der Waals surface area contributed by atoms with E-state index in [0.717, 1.165) is 18.0 Å². The molecule has 0 atom stereocenters. The number of halogens is 2. The Labute approximate surface area is 96.6 Å². The van der Waals surface area contributed by atoms with Gasteiger partial charge in [-0.3, -0.25) is 4.68 Å². The quantitative estimate of drug-likeness (QED) is 0.723. The fourth-order valence-electron chi connectivity index (χ4n) is 1.16. The maximum atomic E-state index is 12.2. The fourth-order valence-corrected chi connectivity index (χ4v) is 1.16. The second kappa shape index (κ2) is 5.55. The van der Waals surface area contributed by atoms with E-state index in [0.29, 0.717) is 0 Å². The Hall–Kier alpha value is -1.73. The molecule has 0 bridgehead atoms. The number of aromatic nitrogens is 2. The van der Waals surface area contributed by atoms with E-state index in [1.54, 1.807) is 13.8 Å². The fraction of sp³-hybridized carbons (Fsp3) is 0.667. The Kier molecular flexibility index (Phi) is 4.36. The summed E-state index contributed by atoms with van der Waals surface area (Å²) < 4.78 is 30.5. The predicted molar refractivity (Wildman–Crippen MR) is 54.3 cm³/mol. The summed E-state index contributed by atoms with van der Waals surface area (Å²) in [6, 6.07) is 0. The Morgan fingerprint density at radius 2 is 2.18 bits per heavy atom. The highest BCUT2D eigenvalue weighted by Gasteiger charge is 2.28. The standard InChI is InChI=1S/C9H14F2N3O3/c1-6(2)17-9-7(14(15)16-3)4-13(12-9)5-8(10)11/h4,6,8H,5H2,1-3H3/q+1. The number of hydrogen-bond acceptors (Lipinski definition) is 4. The molecule has 0 saturated carbocycles. The molecule has 6 nitrogen and oxygen atoms in total. The van der Waals surface area contributed by atoms with Gasteiger partial charge in [0.1, 0.15) is 12.7 Å². The number of rotatable bonds is 6. The monoisotopic (exact) mass is 250 g/mol. The van der Waals surface area contributed by atoms with Crippen molar-refractivity contribution in [1.29, 1.82) is 0 Å². The lowest BCUT2D eigenvalue weighted by Crippen LogP contribution is -2.10. The molecule has 0 aliphatic carbocycles. The topological polar surface area (TPSA) is 56.4 Å². The first kappa shape index (κ1) is 13.3. The average Bonchev–Trinajstić information content (AvgIpc) is 2.57. The Balaban J connectivity index is 2.98. The normalized spacial score (nSPS) is 11.0. The molecule has 0 aliphatic heterocycles. The van der Waals surface area contributed by atoms with Crippen molar-refractivity contribution in [1.82, 2.24) is 9.78 Å². The molecule has 1 rings (SSSR count). The van der Waals surface area contributed by atoms with Crippen LogP contribution in [0.2, 0.25) is 0 Å². The van der Waals surface area contributed by atoms with Crippen molar-refractivity contribution in [2.24, 2.45) is 0 Å². The summed E-state index contributed by atoms with van der Waals surface area (Å²) in [6.45, 7) is 2.86. The van der Waals surface area contributed by atoms with Gasteiger partial charge in [0.15, 0.2) is 7.11 Å². The SMILES string of the molecule is CO[N+](=O)c1cn(CC(F)F)nc1OC(C)C. The summed E-state index contributed by atoms with van der Waals surface area (Å²) in [5.74, 6) is -0.0301. The van der Waals surface area contributed by atoms with Crippen molar-refractivity contribution in [2.75, 3.05) is 7.11 Å². The van der Waals surface area contributed by atoms with Crippen molar-refractivity contribution in [3.05, 3.63) is 11.1 Å². The number of hydrogen-bond donors (Lipinski definition) is 0. The van der Waals surface area contributed by atoms with Crippen LogP contribution >= 0.6 is 0 Å². The van der Waals surface area contributed by atoms with Crippen LogP contribution in [0.3, 0.4) is 0 Å². The molecular formula is C9H14F2N3O3+. The summed E-state index contributed by atoms with van der Waals surface area (Å²) in [5.41, 5.74) is -0.0400. The van der Waals surface area contributed by atoms with Gasteiger partial charge in [0, 0.05) is 0 Å². The minimum atomic E-state index is -2.56. The Bertz CT molecular complexity index is 393. The molecule has 96 valence electrons. The second-order valence-electron chi connectivity index (χ2n) is 3.54. The molecule has 0 fully saturated rings. The molecule has 0 aromatic carbocycles. The van der Waals surface area contributed by atoms with Gasteiger partial charge in [0.05, 0.1) is 11.0 Å². The van der Waals surface area contributed by atoms with Crippen LogP contribution in [0.1, 0.15) is 13.8 Å². The maximum Gasteiger partial charge on any atom is 0.397 e. The highest BCUT2D eigenvalue weighted by atomic mass is 19.3. The van der Waals surface area contributed by atoms with Crippen molar-refractivity contribution in [3.8, 4) is 5.88 Å². The lowest BCUT2D eigenvalue weighted by atomic mass is 10.5. The van der Waals surface area contributed by atoms with Gasteiger partial charge in [-0.15, -0.1) is 5.10 Å². The predicted octanol–water partition coefficient (Wildman–Crippen LogP) is 1.91. The molecule has 17 heavy (non-hydrogen) atoms. The zero-order chi connectivity index (χ0) is 13.0. The third-order valence-corrected chi connectivity index (χ3v) is 1.74. The zero-order valence-electron chi connectivity index (χ0n) is 9.76. The van der Waals surface area contributed by atoms with E-state index in [-0.39, 0.29) is 22.6 Å². The first-order valence-corrected chi connectivity index (χ1v) is 4.97. The molecule has 1 aromatic heterocycles. The highest BCUT2D eigenvalue weighted by molar-refractivity contribution is 5.37. The van der Waals surface area contributed by atoms with Crippen LogP contribution in [-0.2, 0) is 11.4 Å². The molecule has 0 N–H and O–H groups in total. The van der Waals surface area contributed by atoms with Crippen LogP contribution in [0.25, 0.3) is 0 Å². The summed E-state index contributed by atoms with van der Waals surface area (Å²) in [5, 5.41) is 3.75. The molecule has 0 unspecified atom stereocenters.